The van der Waals surface area contributed by atoms with Gasteiger partial charge in [0.25, 0.3) is 0 Å². The average molecular weight is 301 g/mol. The van der Waals surface area contributed by atoms with Crippen LogP contribution in [-0.2, 0) is 9.59 Å². The summed E-state index contributed by atoms with van der Waals surface area (Å²) in [7, 11) is 0. The summed E-state index contributed by atoms with van der Waals surface area (Å²) in [5.74, 6) is 0.920. The van der Waals surface area contributed by atoms with E-state index in [4.69, 9.17) is 5.73 Å². The van der Waals surface area contributed by atoms with Crippen molar-refractivity contribution in [1.82, 2.24) is 0 Å². The minimum absolute atomic E-state index is 0.00173. The number of anilines is 2. The smallest absolute Gasteiger partial charge is 0.229 e. The van der Waals surface area contributed by atoms with Gasteiger partial charge in [-0.1, -0.05) is 6.92 Å². The SMILES string of the molecule is CCC(=O)Nc1ccc(NC(=O)C2C3CCC(C3)C2N)cc1. The Morgan fingerprint density at radius 1 is 1.09 bits per heavy atom. The third-order valence-corrected chi connectivity index (χ3v) is 5.04. The first-order valence-corrected chi connectivity index (χ1v) is 8.05. The number of hydrogen-bond acceptors (Lipinski definition) is 3. The molecule has 0 saturated heterocycles. The van der Waals surface area contributed by atoms with E-state index in [-0.39, 0.29) is 23.8 Å². The van der Waals surface area contributed by atoms with Crippen molar-refractivity contribution in [2.45, 2.75) is 38.6 Å². The fourth-order valence-corrected chi connectivity index (χ4v) is 3.84. The fraction of sp³-hybridized carbons (Fsp3) is 0.529. The van der Waals surface area contributed by atoms with Crippen LogP contribution in [0.1, 0.15) is 32.6 Å². The number of carbonyl (C=O) groups is 2. The molecule has 2 saturated carbocycles. The minimum Gasteiger partial charge on any atom is -0.327 e. The van der Waals surface area contributed by atoms with E-state index in [0.29, 0.717) is 18.3 Å². The zero-order valence-electron chi connectivity index (χ0n) is 12.8. The molecule has 2 fully saturated rings. The first-order valence-electron chi connectivity index (χ1n) is 8.05. The van der Waals surface area contributed by atoms with Crippen molar-refractivity contribution in [3.63, 3.8) is 0 Å². The summed E-state index contributed by atoms with van der Waals surface area (Å²) < 4.78 is 0. The van der Waals surface area contributed by atoms with Crippen molar-refractivity contribution in [1.29, 1.82) is 0 Å². The molecule has 4 N–H and O–H groups in total. The molecule has 0 aromatic heterocycles. The van der Waals surface area contributed by atoms with Crippen molar-refractivity contribution in [2.75, 3.05) is 10.6 Å². The Morgan fingerprint density at radius 2 is 1.68 bits per heavy atom. The predicted molar refractivity (Wildman–Crippen MR) is 86.3 cm³/mol. The molecule has 5 nitrogen and oxygen atoms in total. The number of benzene rings is 1. The lowest BCUT2D eigenvalue weighted by Crippen LogP contribution is -2.42. The molecule has 4 unspecified atom stereocenters. The Labute approximate surface area is 130 Å². The van der Waals surface area contributed by atoms with Crippen LogP contribution in [0.15, 0.2) is 24.3 Å². The fourth-order valence-electron chi connectivity index (χ4n) is 3.84. The number of rotatable bonds is 4. The van der Waals surface area contributed by atoms with Crippen LogP contribution in [0.25, 0.3) is 0 Å². The van der Waals surface area contributed by atoms with Crippen molar-refractivity contribution >= 4 is 23.2 Å². The number of fused-ring (bicyclic) bond motifs is 2. The monoisotopic (exact) mass is 301 g/mol. The number of amides is 2. The Kier molecular flexibility index (Phi) is 4.16. The van der Waals surface area contributed by atoms with Gasteiger partial charge >= 0.3 is 0 Å². The van der Waals surface area contributed by atoms with Crippen LogP contribution >= 0.6 is 0 Å². The highest BCUT2D eigenvalue weighted by Gasteiger charge is 2.49. The van der Waals surface area contributed by atoms with E-state index in [0.717, 1.165) is 24.2 Å². The van der Waals surface area contributed by atoms with E-state index < -0.39 is 0 Å². The zero-order chi connectivity index (χ0) is 15.7. The first-order chi connectivity index (χ1) is 10.6. The van der Waals surface area contributed by atoms with Gasteiger partial charge in [0.15, 0.2) is 0 Å². The predicted octanol–water partition coefficient (Wildman–Crippen LogP) is 2.35. The topological polar surface area (TPSA) is 84.2 Å². The number of nitrogens with two attached hydrogens (primary N) is 1. The van der Waals surface area contributed by atoms with E-state index in [2.05, 4.69) is 10.6 Å². The Hall–Kier alpha value is -1.88. The van der Waals surface area contributed by atoms with Gasteiger partial charge in [0.05, 0.1) is 5.92 Å². The highest BCUT2D eigenvalue weighted by molar-refractivity contribution is 5.94. The highest BCUT2D eigenvalue weighted by atomic mass is 16.2. The second-order valence-corrected chi connectivity index (χ2v) is 6.40. The lowest BCUT2D eigenvalue weighted by molar-refractivity contribution is -0.121. The van der Waals surface area contributed by atoms with Gasteiger partial charge in [-0.2, -0.15) is 0 Å². The van der Waals surface area contributed by atoms with Crippen LogP contribution in [-0.4, -0.2) is 17.9 Å². The second kappa shape index (κ2) is 6.08. The zero-order valence-corrected chi connectivity index (χ0v) is 12.8. The summed E-state index contributed by atoms with van der Waals surface area (Å²) in [6.45, 7) is 1.81. The minimum atomic E-state index is -0.0572. The van der Waals surface area contributed by atoms with Gasteiger partial charge in [0.1, 0.15) is 0 Å². The third-order valence-electron chi connectivity index (χ3n) is 5.04. The molecule has 0 aliphatic heterocycles. The van der Waals surface area contributed by atoms with Crippen LogP contribution in [0.4, 0.5) is 11.4 Å². The maximum atomic E-state index is 12.5. The number of carbonyl (C=O) groups excluding carboxylic acids is 2. The van der Waals surface area contributed by atoms with E-state index in [1.165, 1.54) is 6.42 Å². The van der Waals surface area contributed by atoms with Crippen LogP contribution in [0.2, 0.25) is 0 Å². The van der Waals surface area contributed by atoms with Gasteiger partial charge in [0, 0.05) is 23.8 Å². The van der Waals surface area contributed by atoms with Gasteiger partial charge < -0.3 is 16.4 Å². The summed E-state index contributed by atoms with van der Waals surface area (Å²) >= 11 is 0. The van der Waals surface area contributed by atoms with Crippen molar-refractivity contribution in [2.24, 2.45) is 23.5 Å². The molecule has 2 amide bonds. The summed E-state index contributed by atoms with van der Waals surface area (Å²) in [6, 6.07) is 7.21. The molecule has 118 valence electrons. The molecule has 1 aromatic carbocycles. The lowest BCUT2D eigenvalue weighted by Gasteiger charge is -2.27. The Morgan fingerprint density at radius 3 is 2.23 bits per heavy atom. The van der Waals surface area contributed by atoms with E-state index in [9.17, 15) is 9.59 Å². The third kappa shape index (κ3) is 2.86. The molecule has 2 aliphatic carbocycles. The van der Waals surface area contributed by atoms with E-state index >= 15 is 0 Å². The van der Waals surface area contributed by atoms with Gasteiger partial charge in [-0.3, -0.25) is 9.59 Å². The molecule has 0 heterocycles. The molecule has 3 rings (SSSR count). The largest absolute Gasteiger partial charge is 0.327 e. The van der Waals surface area contributed by atoms with Crippen LogP contribution < -0.4 is 16.4 Å². The summed E-state index contributed by atoms with van der Waals surface area (Å²) in [4.78, 5) is 23.8. The molecule has 4 atom stereocenters. The lowest BCUT2D eigenvalue weighted by atomic mass is 9.84. The molecule has 2 bridgehead atoms. The number of hydrogen-bond donors (Lipinski definition) is 3. The molecule has 2 aliphatic rings. The van der Waals surface area contributed by atoms with E-state index in [1.54, 1.807) is 12.1 Å². The molecular formula is C17H23N3O2. The first kappa shape index (κ1) is 15.0. The standard InChI is InChI=1S/C17H23N3O2/c1-2-14(21)19-12-5-7-13(8-6-12)20-17(22)15-10-3-4-11(9-10)16(15)18/h5-8,10-11,15-16H,2-4,9,18H2,1H3,(H,19,21)(H,20,22). The van der Waals surface area contributed by atoms with Crippen LogP contribution in [0, 0.1) is 17.8 Å². The molecule has 22 heavy (non-hydrogen) atoms. The summed E-state index contributed by atoms with van der Waals surface area (Å²) in [5, 5.41) is 5.75. The van der Waals surface area contributed by atoms with Crippen molar-refractivity contribution in [3.8, 4) is 0 Å². The summed E-state index contributed by atoms with van der Waals surface area (Å²) in [6.07, 6.45) is 3.84. The Balaban J connectivity index is 1.61. The van der Waals surface area contributed by atoms with Gasteiger partial charge in [-0.15, -0.1) is 0 Å². The van der Waals surface area contributed by atoms with Gasteiger partial charge in [-0.05, 0) is 55.4 Å². The molecule has 0 spiro atoms. The summed E-state index contributed by atoms with van der Waals surface area (Å²) in [5.41, 5.74) is 7.69. The molecule has 1 aromatic rings. The Bertz CT molecular complexity index is 568. The molecular weight excluding hydrogens is 278 g/mol. The molecule has 5 heteroatoms. The second-order valence-electron chi connectivity index (χ2n) is 6.40. The van der Waals surface area contributed by atoms with Crippen LogP contribution in [0.3, 0.4) is 0 Å². The highest BCUT2D eigenvalue weighted by Crippen LogP contribution is 2.47. The normalized spacial score (nSPS) is 29.4. The van der Waals surface area contributed by atoms with Crippen molar-refractivity contribution < 1.29 is 9.59 Å². The van der Waals surface area contributed by atoms with Gasteiger partial charge in [0.2, 0.25) is 11.8 Å². The van der Waals surface area contributed by atoms with E-state index in [1.807, 2.05) is 19.1 Å². The number of nitrogens with one attached hydrogen (secondary N) is 2. The van der Waals surface area contributed by atoms with Crippen LogP contribution in [0.5, 0.6) is 0 Å². The maximum Gasteiger partial charge on any atom is 0.229 e. The quantitative estimate of drug-likeness (QED) is 0.798. The average Bonchev–Trinajstić information content (AvgIpc) is 3.10. The van der Waals surface area contributed by atoms with Gasteiger partial charge in [-0.25, -0.2) is 0 Å². The molecule has 0 radical (unpaired) electrons. The van der Waals surface area contributed by atoms with Crippen molar-refractivity contribution in [3.05, 3.63) is 24.3 Å². The maximum absolute atomic E-state index is 12.5.